The fourth-order valence-electron chi connectivity index (χ4n) is 2.28. The van der Waals surface area contributed by atoms with Crippen molar-refractivity contribution in [2.45, 2.75) is 26.9 Å². The molecule has 0 aliphatic rings. The lowest BCUT2D eigenvalue weighted by atomic mass is 10.2. The van der Waals surface area contributed by atoms with Crippen molar-refractivity contribution in [2.75, 3.05) is 16.8 Å². The smallest absolute Gasteiger partial charge is 0.244 e. The Balaban J connectivity index is 2.08. The van der Waals surface area contributed by atoms with Gasteiger partial charge in [-0.25, -0.2) is 0 Å². The number of carbonyl (C=O) groups excluding carboxylic acids is 2. The maximum absolute atomic E-state index is 12.3. The lowest BCUT2D eigenvalue weighted by molar-refractivity contribution is -0.120. The van der Waals surface area contributed by atoms with Crippen molar-refractivity contribution < 1.29 is 14.3 Å². The number of benzene rings is 2. The Morgan fingerprint density at radius 1 is 1.08 bits per heavy atom. The van der Waals surface area contributed by atoms with Crippen molar-refractivity contribution in [1.29, 1.82) is 0 Å². The Labute approximate surface area is 162 Å². The lowest BCUT2D eigenvalue weighted by Crippen LogP contribution is -2.36. The minimum atomic E-state index is -0.346. The average molecular weight is 395 g/mol. The van der Waals surface area contributed by atoms with Gasteiger partial charge in [-0.15, -0.1) is 0 Å². The quantitative estimate of drug-likeness (QED) is 0.767. The summed E-state index contributed by atoms with van der Waals surface area (Å²) in [5, 5.41) is 3.44. The Kier molecular flexibility index (Phi) is 6.89. The summed E-state index contributed by atoms with van der Waals surface area (Å²) < 4.78 is 5.58. The van der Waals surface area contributed by atoms with Gasteiger partial charge in [0.2, 0.25) is 11.8 Å². The third-order valence-electron chi connectivity index (χ3n) is 3.41. The number of amides is 2. The number of nitrogens with zero attached hydrogens (tertiary/aromatic N) is 1. The molecule has 1 N–H and O–H groups in total. The number of nitrogens with one attached hydrogen (secondary N) is 1. The summed E-state index contributed by atoms with van der Waals surface area (Å²) in [6.07, 6.45) is 0.0572. The van der Waals surface area contributed by atoms with Gasteiger partial charge in [0.05, 0.1) is 16.1 Å². The standard InChI is InChI=1S/C19H20Cl2N2O3/c1-12(2)26-16-7-5-15(6-8-16)23(13(3)24)11-19(25)22-14-4-9-17(20)18(21)10-14/h4-10,12H,11H2,1-3H3,(H,22,25). The maximum Gasteiger partial charge on any atom is 0.244 e. The lowest BCUT2D eigenvalue weighted by Gasteiger charge is -2.21. The SMILES string of the molecule is CC(=O)N(CC(=O)Nc1ccc(Cl)c(Cl)c1)c1ccc(OC(C)C)cc1. The van der Waals surface area contributed by atoms with Gasteiger partial charge in [-0.05, 0) is 56.3 Å². The van der Waals surface area contributed by atoms with Gasteiger partial charge in [-0.1, -0.05) is 23.2 Å². The first-order valence-corrected chi connectivity index (χ1v) is 8.81. The fraction of sp³-hybridized carbons (Fsp3) is 0.263. The van der Waals surface area contributed by atoms with Gasteiger partial charge in [-0.3, -0.25) is 9.59 Å². The number of rotatable bonds is 6. The van der Waals surface area contributed by atoms with Crippen LogP contribution < -0.4 is 15.0 Å². The van der Waals surface area contributed by atoms with Crippen LogP contribution in [0.3, 0.4) is 0 Å². The van der Waals surface area contributed by atoms with Gasteiger partial charge < -0.3 is 15.0 Å². The van der Waals surface area contributed by atoms with Crippen molar-refractivity contribution >= 4 is 46.4 Å². The zero-order valence-electron chi connectivity index (χ0n) is 14.8. The highest BCUT2D eigenvalue weighted by Crippen LogP contribution is 2.25. The highest BCUT2D eigenvalue weighted by atomic mass is 35.5. The molecule has 7 heteroatoms. The molecule has 138 valence electrons. The van der Waals surface area contributed by atoms with Crippen molar-refractivity contribution in [2.24, 2.45) is 0 Å². The van der Waals surface area contributed by atoms with Crippen molar-refractivity contribution in [3.63, 3.8) is 0 Å². The summed E-state index contributed by atoms with van der Waals surface area (Å²) in [5.41, 5.74) is 1.12. The molecule has 0 spiro atoms. The van der Waals surface area contributed by atoms with E-state index in [4.69, 9.17) is 27.9 Å². The van der Waals surface area contributed by atoms with Crippen LogP contribution in [0.1, 0.15) is 20.8 Å². The molecule has 0 fully saturated rings. The number of halogens is 2. The molecule has 2 rings (SSSR count). The van der Waals surface area contributed by atoms with Crippen molar-refractivity contribution in [3.05, 3.63) is 52.5 Å². The molecule has 0 unspecified atom stereocenters. The molecule has 2 aromatic rings. The molecule has 2 aromatic carbocycles. The predicted molar refractivity (Wildman–Crippen MR) is 105 cm³/mol. The number of anilines is 2. The third-order valence-corrected chi connectivity index (χ3v) is 4.14. The van der Waals surface area contributed by atoms with E-state index in [0.29, 0.717) is 27.2 Å². The highest BCUT2D eigenvalue weighted by Gasteiger charge is 2.16. The van der Waals surface area contributed by atoms with E-state index < -0.39 is 0 Å². The first-order valence-electron chi connectivity index (χ1n) is 8.06. The molecular formula is C19H20Cl2N2O3. The van der Waals surface area contributed by atoms with Gasteiger partial charge >= 0.3 is 0 Å². The zero-order chi connectivity index (χ0) is 19.3. The van der Waals surface area contributed by atoms with E-state index in [9.17, 15) is 9.59 Å². The summed E-state index contributed by atoms with van der Waals surface area (Å²) in [6.45, 7) is 5.15. The molecule has 0 saturated heterocycles. The molecule has 0 bridgehead atoms. The predicted octanol–water partition coefficient (Wildman–Crippen LogP) is 4.77. The fourth-order valence-corrected chi connectivity index (χ4v) is 2.58. The number of carbonyl (C=O) groups is 2. The largest absolute Gasteiger partial charge is 0.491 e. The van der Waals surface area contributed by atoms with Crippen molar-refractivity contribution in [1.82, 2.24) is 0 Å². The minimum Gasteiger partial charge on any atom is -0.491 e. The van der Waals surface area contributed by atoms with Crippen LogP contribution in [0, 0.1) is 0 Å². The first-order chi connectivity index (χ1) is 12.3. The molecule has 2 amide bonds. The van der Waals surface area contributed by atoms with Gasteiger partial charge in [0.15, 0.2) is 0 Å². The second kappa shape index (κ2) is 8.92. The van der Waals surface area contributed by atoms with Gasteiger partial charge in [-0.2, -0.15) is 0 Å². The van der Waals surface area contributed by atoms with Crippen LogP contribution in [0.4, 0.5) is 11.4 Å². The Hall–Kier alpha value is -2.24. The summed E-state index contributed by atoms with van der Waals surface area (Å²) in [6, 6.07) is 11.8. The molecule has 5 nitrogen and oxygen atoms in total. The van der Waals surface area contributed by atoms with E-state index in [0.717, 1.165) is 0 Å². The Morgan fingerprint density at radius 2 is 1.73 bits per heavy atom. The second-order valence-electron chi connectivity index (χ2n) is 5.94. The monoisotopic (exact) mass is 394 g/mol. The summed E-state index contributed by atoms with van der Waals surface area (Å²) in [7, 11) is 0. The van der Waals surface area contributed by atoms with E-state index in [-0.39, 0.29) is 24.5 Å². The van der Waals surface area contributed by atoms with Crippen LogP contribution in [0.2, 0.25) is 10.0 Å². The highest BCUT2D eigenvalue weighted by molar-refractivity contribution is 6.42. The van der Waals surface area contributed by atoms with E-state index in [1.54, 1.807) is 42.5 Å². The van der Waals surface area contributed by atoms with Crippen LogP contribution in [0.25, 0.3) is 0 Å². The normalized spacial score (nSPS) is 10.5. The molecular weight excluding hydrogens is 375 g/mol. The molecule has 0 aliphatic heterocycles. The van der Waals surface area contributed by atoms with E-state index in [1.807, 2.05) is 13.8 Å². The number of hydrogen-bond donors (Lipinski definition) is 1. The molecule has 26 heavy (non-hydrogen) atoms. The zero-order valence-corrected chi connectivity index (χ0v) is 16.3. The first kappa shape index (κ1) is 20.1. The number of hydrogen-bond acceptors (Lipinski definition) is 3. The molecule has 0 heterocycles. The molecule has 0 aromatic heterocycles. The Morgan fingerprint density at radius 3 is 2.27 bits per heavy atom. The molecule has 0 saturated carbocycles. The third kappa shape index (κ3) is 5.64. The summed E-state index contributed by atoms with van der Waals surface area (Å²) in [5.74, 6) is 0.112. The van der Waals surface area contributed by atoms with E-state index in [2.05, 4.69) is 5.32 Å². The maximum atomic E-state index is 12.3. The topological polar surface area (TPSA) is 58.6 Å². The Bertz CT molecular complexity index is 792. The van der Waals surface area contributed by atoms with Crippen LogP contribution in [-0.4, -0.2) is 24.5 Å². The van der Waals surface area contributed by atoms with Gasteiger partial charge in [0.25, 0.3) is 0 Å². The van der Waals surface area contributed by atoms with Crippen LogP contribution in [0.15, 0.2) is 42.5 Å². The summed E-state index contributed by atoms with van der Waals surface area (Å²) in [4.78, 5) is 25.7. The number of ether oxygens (including phenoxy) is 1. The molecule has 0 radical (unpaired) electrons. The van der Waals surface area contributed by atoms with E-state index >= 15 is 0 Å². The van der Waals surface area contributed by atoms with Gasteiger partial charge in [0.1, 0.15) is 12.3 Å². The molecule has 0 aliphatic carbocycles. The van der Waals surface area contributed by atoms with Crippen LogP contribution in [-0.2, 0) is 9.59 Å². The van der Waals surface area contributed by atoms with Crippen LogP contribution >= 0.6 is 23.2 Å². The summed E-state index contributed by atoms with van der Waals surface area (Å²) >= 11 is 11.8. The van der Waals surface area contributed by atoms with Crippen molar-refractivity contribution in [3.8, 4) is 5.75 Å². The van der Waals surface area contributed by atoms with E-state index in [1.165, 1.54) is 11.8 Å². The minimum absolute atomic E-state index is 0.0572. The van der Waals surface area contributed by atoms with Gasteiger partial charge in [0, 0.05) is 18.3 Å². The molecule has 0 atom stereocenters. The average Bonchev–Trinajstić information content (AvgIpc) is 2.56. The second-order valence-corrected chi connectivity index (χ2v) is 6.76. The van der Waals surface area contributed by atoms with Crippen LogP contribution in [0.5, 0.6) is 5.75 Å².